The van der Waals surface area contributed by atoms with E-state index in [2.05, 4.69) is 47.9 Å². The Morgan fingerprint density at radius 3 is 2.59 bits per heavy atom. The van der Waals surface area contributed by atoms with E-state index >= 15 is 0 Å². The first-order chi connectivity index (χ1) is 13.1. The lowest BCUT2D eigenvalue weighted by Gasteiger charge is -2.09. The molecule has 0 atom stereocenters. The van der Waals surface area contributed by atoms with Crippen molar-refractivity contribution in [3.05, 3.63) is 82.9 Å². The minimum absolute atomic E-state index is 0.427. The number of benzene rings is 3. The van der Waals surface area contributed by atoms with Crippen LogP contribution in [-0.2, 0) is 17.9 Å². The molecule has 1 heterocycles. The van der Waals surface area contributed by atoms with E-state index in [1.807, 2.05) is 18.2 Å². The first-order valence-corrected chi connectivity index (χ1v) is 8.88. The highest BCUT2D eigenvalue weighted by Gasteiger charge is 2.17. The zero-order valence-electron chi connectivity index (χ0n) is 15.5. The fourth-order valence-electron chi connectivity index (χ4n) is 3.60. The maximum atomic E-state index is 12.0. The fourth-order valence-corrected chi connectivity index (χ4v) is 3.60. The van der Waals surface area contributed by atoms with Crippen molar-refractivity contribution in [1.82, 2.24) is 4.57 Å². The highest BCUT2D eigenvalue weighted by atomic mass is 16.5. The predicted octanol–water partition coefficient (Wildman–Crippen LogP) is 4.20. The number of fused-ring (bicyclic) bond motifs is 3. The maximum absolute atomic E-state index is 12.0. The molecule has 1 amide bonds. The number of hydrogen-bond acceptors (Lipinski definition) is 2. The number of methoxy groups -OCH3 is 1. The van der Waals surface area contributed by atoms with Crippen molar-refractivity contribution >= 4 is 27.7 Å². The van der Waals surface area contributed by atoms with Gasteiger partial charge in [-0.2, -0.15) is 0 Å². The zero-order chi connectivity index (χ0) is 19.0. The molecule has 0 aliphatic heterocycles. The smallest absolute Gasteiger partial charge is 0.249 e. The first-order valence-electron chi connectivity index (χ1n) is 8.88. The largest absolute Gasteiger partial charge is 0.380 e. The molecule has 3 aromatic carbocycles. The van der Waals surface area contributed by atoms with Crippen LogP contribution in [0.4, 0.5) is 0 Å². The van der Waals surface area contributed by atoms with Crippen molar-refractivity contribution in [2.24, 2.45) is 5.73 Å². The van der Waals surface area contributed by atoms with Gasteiger partial charge in [-0.05, 0) is 48.4 Å². The molecule has 0 fully saturated rings. The van der Waals surface area contributed by atoms with Gasteiger partial charge in [0.25, 0.3) is 0 Å². The predicted molar refractivity (Wildman–Crippen MR) is 108 cm³/mol. The van der Waals surface area contributed by atoms with Gasteiger partial charge in [0.2, 0.25) is 5.91 Å². The summed E-state index contributed by atoms with van der Waals surface area (Å²) in [5, 5.41) is 1.77. The normalized spacial score (nSPS) is 11.3. The Bertz CT molecular complexity index is 1140. The van der Waals surface area contributed by atoms with E-state index < -0.39 is 5.91 Å². The summed E-state index contributed by atoms with van der Waals surface area (Å²) < 4.78 is 7.50. The summed E-state index contributed by atoms with van der Waals surface area (Å²) in [5.74, 6) is -0.427. The molecule has 0 saturated heterocycles. The third kappa shape index (κ3) is 3.09. The highest BCUT2D eigenvalue weighted by molar-refractivity contribution is 6.17. The molecule has 4 rings (SSSR count). The standard InChI is InChI=1S/C23H21N2O2/c1-15-6-8-16(9-7-15)13-25-20-5-3-4-19(23(24)26)22(20)18-11-10-17(14-27-2)12-21(18)25/h3-10,12H,13-14H2,1-2H3,(H2,24,26). The first kappa shape index (κ1) is 17.3. The van der Waals surface area contributed by atoms with Crippen LogP contribution in [0.15, 0.2) is 54.6 Å². The summed E-state index contributed by atoms with van der Waals surface area (Å²) in [6, 6.07) is 21.5. The van der Waals surface area contributed by atoms with E-state index in [9.17, 15) is 4.79 Å². The van der Waals surface area contributed by atoms with Crippen LogP contribution < -0.4 is 5.73 Å². The molecule has 4 nitrogen and oxygen atoms in total. The summed E-state index contributed by atoms with van der Waals surface area (Å²) in [7, 11) is 1.68. The Kier molecular flexibility index (Phi) is 4.42. The second-order valence-electron chi connectivity index (χ2n) is 6.84. The molecular weight excluding hydrogens is 336 g/mol. The van der Waals surface area contributed by atoms with Gasteiger partial charge in [-0.1, -0.05) is 35.9 Å². The van der Waals surface area contributed by atoms with Crippen LogP contribution in [-0.4, -0.2) is 17.6 Å². The lowest BCUT2D eigenvalue weighted by Crippen LogP contribution is -2.11. The molecule has 0 saturated carbocycles. The molecule has 0 unspecified atom stereocenters. The van der Waals surface area contributed by atoms with Gasteiger partial charge in [0.15, 0.2) is 0 Å². The Balaban J connectivity index is 2.00. The lowest BCUT2D eigenvalue weighted by molar-refractivity contribution is 0.100. The number of carbonyl (C=O) groups excluding carboxylic acids is 1. The van der Waals surface area contributed by atoms with Crippen molar-refractivity contribution in [3.8, 4) is 0 Å². The monoisotopic (exact) mass is 357 g/mol. The van der Waals surface area contributed by atoms with E-state index in [1.165, 1.54) is 11.1 Å². The third-order valence-corrected chi connectivity index (χ3v) is 4.89. The number of rotatable bonds is 5. The van der Waals surface area contributed by atoms with Gasteiger partial charge in [-0.3, -0.25) is 4.79 Å². The molecule has 1 aromatic heterocycles. The van der Waals surface area contributed by atoms with Crippen LogP contribution in [0.1, 0.15) is 27.0 Å². The van der Waals surface area contributed by atoms with Gasteiger partial charge in [-0.25, -0.2) is 0 Å². The van der Waals surface area contributed by atoms with Gasteiger partial charge in [0.1, 0.15) is 0 Å². The van der Waals surface area contributed by atoms with E-state index in [-0.39, 0.29) is 0 Å². The lowest BCUT2D eigenvalue weighted by atomic mass is 10.0. The van der Waals surface area contributed by atoms with E-state index in [0.29, 0.717) is 18.7 Å². The number of aromatic nitrogens is 1. The number of nitrogens with two attached hydrogens (primary N) is 1. The Morgan fingerprint density at radius 1 is 1.11 bits per heavy atom. The van der Waals surface area contributed by atoms with Crippen molar-refractivity contribution in [1.29, 1.82) is 0 Å². The number of carbonyl (C=O) groups is 1. The number of primary amides is 1. The summed E-state index contributed by atoms with van der Waals surface area (Å²) in [4.78, 5) is 12.0. The average Bonchev–Trinajstić information content (AvgIpc) is 2.97. The van der Waals surface area contributed by atoms with Crippen LogP contribution in [0.5, 0.6) is 0 Å². The topological polar surface area (TPSA) is 57.2 Å². The third-order valence-electron chi connectivity index (χ3n) is 4.89. The number of nitrogens with zero attached hydrogens (tertiary/aromatic N) is 1. The van der Waals surface area contributed by atoms with E-state index in [0.717, 1.165) is 27.4 Å². The van der Waals surface area contributed by atoms with Crippen molar-refractivity contribution in [2.45, 2.75) is 20.1 Å². The SMILES string of the molecule is COCc1c[c]c2c3c(C(N)=O)cccc3n(Cc3ccc(C)cc3)c2c1. The minimum Gasteiger partial charge on any atom is -0.380 e. The molecule has 0 aliphatic rings. The molecule has 4 heteroatoms. The van der Waals surface area contributed by atoms with Gasteiger partial charge < -0.3 is 15.0 Å². The Hall–Kier alpha value is -3.11. The van der Waals surface area contributed by atoms with Crippen LogP contribution in [0, 0.1) is 13.0 Å². The second-order valence-corrected chi connectivity index (χ2v) is 6.84. The van der Waals surface area contributed by atoms with E-state index in [4.69, 9.17) is 10.5 Å². The summed E-state index contributed by atoms with van der Waals surface area (Å²) in [6.07, 6.45) is 0. The van der Waals surface area contributed by atoms with Gasteiger partial charge in [0, 0.05) is 30.0 Å². The average molecular weight is 357 g/mol. The Labute approximate surface area is 158 Å². The Morgan fingerprint density at radius 2 is 1.89 bits per heavy atom. The minimum atomic E-state index is -0.427. The number of amides is 1. The highest BCUT2D eigenvalue weighted by Crippen LogP contribution is 2.32. The van der Waals surface area contributed by atoms with Crippen LogP contribution in [0.25, 0.3) is 21.8 Å². The van der Waals surface area contributed by atoms with Crippen molar-refractivity contribution in [3.63, 3.8) is 0 Å². The molecule has 0 spiro atoms. The maximum Gasteiger partial charge on any atom is 0.249 e. The quantitative estimate of drug-likeness (QED) is 0.582. The number of aryl methyl sites for hydroxylation is 1. The van der Waals surface area contributed by atoms with Crippen LogP contribution in [0.3, 0.4) is 0 Å². The van der Waals surface area contributed by atoms with Crippen LogP contribution >= 0.6 is 0 Å². The number of hydrogen-bond donors (Lipinski definition) is 1. The second kappa shape index (κ2) is 6.89. The molecule has 2 N–H and O–H groups in total. The molecular formula is C23H21N2O2. The molecule has 4 aromatic rings. The van der Waals surface area contributed by atoms with Gasteiger partial charge in [-0.15, -0.1) is 0 Å². The molecule has 0 bridgehead atoms. The zero-order valence-corrected chi connectivity index (χ0v) is 15.5. The van der Waals surface area contributed by atoms with Crippen LogP contribution in [0.2, 0.25) is 0 Å². The fraction of sp³-hybridized carbons (Fsp3) is 0.174. The molecule has 27 heavy (non-hydrogen) atoms. The molecule has 0 aliphatic carbocycles. The van der Waals surface area contributed by atoms with Gasteiger partial charge in [0.05, 0.1) is 17.6 Å². The molecule has 1 radical (unpaired) electrons. The van der Waals surface area contributed by atoms with Crippen molar-refractivity contribution in [2.75, 3.05) is 7.11 Å². The van der Waals surface area contributed by atoms with Crippen molar-refractivity contribution < 1.29 is 9.53 Å². The van der Waals surface area contributed by atoms with Gasteiger partial charge >= 0.3 is 0 Å². The summed E-state index contributed by atoms with van der Waals surface area (Å²) in [6.45, 7) is 3.29. The van der Waals surface area contributed by atoms with E-state index in [1.54, 1.807) is 13.2 Å². The molecule has 135 valence electrons. The summed E-state index contributed by atoms with van der Waals surface area (Å²) in [5.41, 5.74) is 11.6. The summed E-state index contributed by atoms with van der Waals surface area (Å²) >= 11 is 0. The number of ether oxygens (including phenoxy) is 1.